The summed E-state index contributed by atoms with van der Waals surface area (Å²) in [4.78, 5) is 12.8. The summed E-state index contributed by atoms with van der Waals surface area (Å²) in [5, 5.41) is 4.16. The highest BCUT2D eigenvalue weighted by molar-refractivity contribution is 7.89. The van der Waals surface area contributed by atoms with E-state index in [4.69, 9.17) is 16.3 Å². The van der Waals surface area contributed by atoms with E-state index in [1.807, 2.05) is 18.2 Å². The van der Waals surface area contributed by atoms with Crippen LogP contribution in [0.2, 0.25) is 5.02 Å². The largest absolute Gasteiger partial charge is 0.495 e. The highest BCUT2D eigenvalue weighted by Gasteiger charge is 2.32. The maximum Gasteiger partial charge on any atom is 0.243 e. The lowest BCUT2D eigenvalue weighted by molar-refractivity contribution is -0.120. The number of nitrogens with zero attached hydrogens (tertiary/aromatic N) is 2. The van der Waals surface area contributed by atoms with Gasteiger partial charge in [-0.2, -0.15) is 8.68 Å². The Kier molecular flexibility index (Phi) is 5.97. The second kappa shape index (κ2) is 8.50. The third-order valence-electron chi connectivity index (χ3n) is 5.21. The average Bonchev–Trinajstić information content (AvgIpc) is 3.21. The Morgan fingerprint density at radius 3 is 2.70 bits per heavy atom. The average molecular weight is 466 g/mol. The van der Waals surface area contributed by atoms with Gasteiger partial charge in [0.15, 0.2) is 0 Å². The first kappa shape index (κ1) is 21.0. The molecule has 0 bridgehead atoms. The molecule has 10 heteroatoms. The van der Waals surface area contributed by atoms with Crippen molar-refractivity contribution in [3.05, 3.63) is 47.6 Å². The number of carbonyl (C=O) groups excluding carboxylic acids is 1. The van der Waals surface area contributed by atoms with E-state index >= 15 is 0 Å². The van der Waals surface area contributed by atoms with E-state index < -0.39 is 10.0 Å². The van der Waals surface area contributed by atoms with Gasteiger partial charge in [-0.05, 0) is 60.8 Å². The molecule has 2 aromatic carbocycles. The lowest BCUT2D eigenvalue weighted by Gasteiger charge is -2.30. The fourth-order valence-corrected chi connectivity index (χ4v) is 5.95. The van der Waals surface area contributed by atoms with Crippen LogP contribution < -0.4 is 10.1 Å². The van der Waals surface area contributed by atoms with Gasteiger partial charge < -0.3 is 10.1 Å². The molecule has 1 aliphatic rings. The predicted molar refractivity (Wildman–Crippen MR) is 118 cm³/mol. The number of rotatable bonds is 5. The Balaban J connectivity index is 1.40. The maximum atomic E-state index is 12.9. The molecule has 1 N–H and O–H groups in total. The summed E-state index contributed by atoms with van der Waals surface area (Å²) in [6.07, 6.45) is 2.68. The molecule has 4 rings (SSSR count). The van der Waals surface area contributed by atoms with E-state index in [9.17, 15) is 13.2 Å². The smallest absolute Gasteiger partial charge is 0.243 e. The van der Waals surface area contributed by atoms with E-state index in [1.165, 1.54) is 41.1 Å². The number of fused-ring (bicyclic) bond motifs is 1. The van der Waals surface area contributed by atoms with Crippen LogP contribution in [-0.2, 0) is 14.8 Å². The molecule has 0 spiro atoms. The second-order valence-electron chi connectivity index (χ2n) is 7.04. The van der Waals surface area contributed by atoms with Crippen molar-refractivity contribution < 1.29 is 17.9 Å². The number of carbonyl (C=O) groups is 1. The molecule has 0 radical (unpaired) electrons. The molecule has 1 fully saturated rings. The van der Waals surface area contributed by atoms with E-state index in [1.54, 1.807) is 6.20 Å². The molecular formula is C20H20ClN3O4S2. The van der Waals surface area contributed by atoms with Crippen LogP contribution in [-0.4, -0.2) is 43.2 Å². The fraction of sp³-hybridized carbons (Fsp3) is 0.300. The van der Waals surface area contributed by atoms with Gasteiger partial charge in [-0.3, -0.25) is 4.79 Å². The van der Waals surface area contributed by atoms with E-state index in [0.29, 0.717) is 18.6 Å². The van der Waals surface area contributed by atoms with Gasteiger partial charge in [0.05, 0.1) is 21.7 Å². The topological polar surface area (TPSA) is 88.6 Å². The number of nitrogens with one attached hydrogen (secondary N) is 1. The Hall–Kier alpha value is -2.20. The molecule has 1 amide bonds. The first-order valence-electron chi connectivity index (χ1n) is 9.37. The third kappa shape index (κ3) is 4.15. The maximum absolute atomic E-state index is 12.9. The van der Waals surface area contributed by atoms with E-state index in [0.717, 1.165) is 15.8 Å². The number of hydrogen-bond acceptors (Lipinski definition) is 6. The van der Waals surface area contributed by atoms with Gasteiger partial charge in [0, 0.05) is 36.3 Å². The van der Waals surface area contributed by atoms with Crippen molar-refractivity contribution in [1.29, 1.82) is 0 Å². The van der Waals surface area contributed by atoms with Crippen LogP contribution >= 0.6 is 23.1 Å². The van der Waals surface area contributed by atoms with Crippen LogP contribution in [0.4, 0.5) is 5.69 Å². The van der Waals surface area contributed by atoms with Crippen molar-refractivity contribution >= 4 is 54.8 Å². The Morgan fingerprint density at radius 2 is 2.00 bits per heavy atom. The third-order valence-corrected chi connectivity index (χ3v) is 8.18. The van der Waals surface area contributed by atoms with Gasteiger partial charge in [0.1, 0.15) is 5.75 Å². The molecule has 0 atom stereocenters. The number of sulfonamides is 1. The summed E-state index contributed by atoms with van der Waals surface area (Å²) in [5.74, 6) is 0.0803. The Labute approximate surface area is 183 Å². The highest BCUT2D eigenvalue weighted by atomic mass is 35.5. The number of ether oxygens (including phenoxy) is 1. The van der Waals surface area contributed by atoms with Crippen LogP contribution in [0.5, 0.6) is 5.75 Å². The first-order chi connectivity index (χ1) is 14.4. The van der Waals surface area contributed by atoms with Crippen LogP contribution in [0.3, 0.4) is 0 Å². The van der Waals surface area contributed by atoms with Crippen LogP contribution in [0.15, 0.2) is 47.5 Å². The van der Waals surface area contributed by atoms with Gasteiger partial charge in [-0.25, -0.2) is 8.42 Å². The van der Waals surface area contributed by atoms with Crippen molar-refractivity contribution in [2.24, 2.45) is 5.92 Å². The fourth-order valence-electron chi connectivity index (χ4n) is 3.51. The van der Waals surface area contributed by atoms with Crippen molar-refractivity contribution in [2.45, 2.75) is 17.7 Å². The molecule has 2 heterocycles. The number of hydrogen-bond donors (Lipinski definition) is 1. The van der Waals surface area contributed by atoms with E-state index in [-0.39, 0.29) is 34.8 Å². The summed E-state index contributed by atoms with van der Waals surface area (Å²) in [5.41, 5.74) is 0.718. The molecule has 30 heavy (non-hydrogen) atoms. The number of halogens is 1. The van der Waals surface area contributed by atoms with Crippen LogP contribution in [0.25, 0.3) is 10.1 Å². The molecule has 7 nitrogen and oxygen atoms in total. The first-order valence-corrected chi connectivity index (χ1v) is 12.0. The molecule has 0 unspecified atom stereocenters. The zero-order chi connectivity index (χ0) is 21.3. The highest BCUT2D eigenvalue weighted by Crippen LogP contribution is 2.30. The minimum absolute atomic E-state index is 0.0953. The van der Waals surface area contributed by atoms with Gasteiger partial charge in [-0.15, -0.1) is 0 Å². The van der Waals surface area contributed by atoms with Gasteiger partial charge >= 0.3 is 0 Å². The van der Waals surface area contributed by atoms with Crippen molar-refractivity contribution in [2.75, 3.05) is 25.5 Å². The second-order valence-corrected chi connectivity index (χ2v) is 10.2. The summed E-state index contributed by atoms with van der Waals surface area (Å²) in [6, 6.07) is 10.1. The summed E-state index contributed by atoms with van der Waals surface area (Å²) in [6.45, 7) is 0.551. The molecule has 1 aromatic heterocycles. The molecule has 0 aliphatic carbocycles. The number of piperidine rings is 1. The molecule has 158 valence electrons. The van der Waals surface area contributed by atoms with Crippen molar-refractivity contribution in [3.8, 4) is 5.75 Å². The van der Waals surface area contributed by atoms with Gasteiger partial charge in [-0.1, -0.05) is 11.6 Å². The standard InChI is InChI=1S/C20H20ClN3O4S2/c1-28-18-4-3-16(11-17(18)21)30(26,27)24-8-6-13(7-9-24)20(25)23-15-2-5-19-14(10-15)12-22-29-19/h2-5,10-13H,6-9H2,1H3,(H,23,25). The number of anilines is 1. The van der Waals surface area contributed by atoms with Crippen molar-refractivity contribution in [3.63, 3.8) is 0 Å². The van der Waals surface area contributed by atoms with Crippen LogP contribution in [0, 0.1) is 5.92 Å². The number of aromatic nitrogens is 1. The molecule has 1 saturated heterocycles. The predicted octanol–water partition coefficient (Wildman–Crippen LogP) is 4.00. The minimum Gasteiger partial charge on any atom is -0.495 e. The molecule has 1 aliphatic heterocycles. The minimum atomic E-state index is -3.68. The zero-order valence-corrected chi connectivity index (χ0v) is 18.6. The lowest BCUT2D eigenvalue weighted by Crippen LogP contribution is -2.41. The van der Waals surface area contributed by atoms with Gasteiger partial charge in [0.25, 0.3) is 0 Å². The SMILES string of the molecule is COc1ccc(S(=O)(=O)N2CCC(C(=O)Nc3ccc4sncc4c3)CC2)cc1Cl. The summed E-state index contributed by atoms with van der Waals surface area (Å²) < 4.78 is 37.5. The normalized spacial score (nSPS) is 15.9. The van der Waals surface area contributed by atoms with E-state index in [2.05, 4.69) is 9.69 Å². The molecular weight excluding hydrogens is 446 g/mol. The monoisotopic (exact) mass is 465 g/mol. The van der Waals surface area contributed by atoms with Gasteiger partial charge in [0.2, 0.25) is 15.9 Å². The lowest BCUT2D eigenvalue weighted by atomic mass is 9.97. The Bertz CT molecular complexity index is 1190. The zero-order valence-electron chi connectivity index (χ0n) is 16.2. The Morgan fingerprint density at radius 1 is 1.23 bits per heavy atom. The van der Waals surface area contributed by atoms with Crippen LogP contribution in [0.1, 0.15) is 12.8 Å². The quantitative estimate of drug-likeness (QED) is 0.615. The van der Waals surface area contributed by atoms with Crippen molar-refractivity contribution in [1.82, 2.24) is 8.68 Å². The molecule has 3 aromatic rings. The number of methoxy groups -OCH3 is 1. The molecule has 0 saturated carbocycles. The summed E-state index contributed by atoms with van der Waals surface area (Å²) >= 11 is 7.49. The summed E-state index contributed by atoms with van der Waals surface area (Å²) in [7, 11) is -2.21. The number of benzene rings is 2. The number of amides is 1.